The molecule has 0 bridgehead atoms. The summed E-state index contributed by atoms with van der Waals surface area (Å²) in [6.07, 6.45) is -4.59. The van der Waals surface area contributed by atoms with Gasteiger partial charge < -0.3 is 4.90 Å². The number of hydrogen-bond acceptors (Lipinski definition) is 2. The summed E-state index contributed by atoms with van der Waals surface area (Å²) < 4.78 is 51.5. The summed E-state index contributed by atoms with van der Waals surface area (Å²) in [5.41, 5.74) is -1.53. The maximum absolute atomic E-state index is 13.6. The quantitative estimate of drug-likeness (QED) is 0.741. The summed E-state index contributed by atoms with van der Waals surface area (Å²) >= 11 is 1.68. The zero-order valence-electron chi connectivity index (χ0n) is 10.7. The molecule has 1 unspecified atom stereocenters. The second-order valence-corrected chi connectivity index (χ2v) is 6.17. The number of halogens is 4. The average Bonchev–Trinajstić information content (AvgIpc) is 2.37. The highest BCUT2D eigenvalue weighted by atomic mass is 32.2. The van der Waals surface area contributed by atoms with Gasteiger partial charge in [-0.3, -0.25) is 4.79 Å². The average molecular weight is 307 g/mol. The summed E-state index contributed by atoms with van der Waals surface area (Å²) in [5.74, 6) is -0.900. The Labute approximate surface area is 118 Å². The van der Waals surface area contributed by atoms with Crippen LogP contribution >= 0.6 is 11.8 Å². The number of rotatable bonds is 1. The third-order valence-corrected chi connectivity index (χ3v) is 4.19. The SMILES string of the molecule is CC1CN(C(=O)c2cc(C(F)(F)F)ccc2F)CCS1. The third-order valence-electron chi connectivity index (χ3n) is 3.05. The highest BCUT2D eigenvalue weighted by Crippen LogP contribution is 2.31. The van der Waals surface area contributed by atoms with Crippen molar-refractivity contribution >= 4 is 17.7 Å². The number of alkyl halides is 3. The topological polar surface area (TPSA) is 20.3 Å². The maximum atomic E-state index is 13.6. The molecule has 0 spiro atoms. The van der Waals surface area contributed by atoms with Crippen LogP contribution in [-0.2, 0) is 6.18 Å². The predicted molar refractivity (Wildman–Crippen MR) is 69.2 cm³/mol. The molecule has 1 aliphatic rings. The Morgan fingerprint density at radius 1 is 1.40 bits per heavy atom. The Morgan fingerprint density at radius 3 is 2.70 bits per heavy atom. The Kier molecular flexibility index (Phi) is 4.27. The summed E-state index contributed by atoms with van der Waals surface area (Å²) in [7, 11) is 0. The normalized spacial score (nSPS) is 20.1. The molecule has 0 saturated carbocycles. The van der Waals surface area contributed by atoms with E-state index in [2.05, 4.69) is 0 Å². The van der Waals surface area contributed by atoms with Crippen LogP contribution < -0.4 is 0 Å². The Balaban J connectivity index is 2.29. The number of hydrogen-bond donors (Lipinski definition) is 0. The molecule has 0 aromatic heterocycles. The lowest BCUT2D eigenvalue weighted by Gasteiger charge is -2.30. The van der Waals surface area contributed by atoms with Gasteiger partial charge in [0.1, 0.15) is 5.82 Å². The fourth-order valence-corrected chi connectivity index (χ4v) is 3.05. The van der Waals surface area contributed by atoms with Gasteiger partial charge in [0, 0.05) is 24.1 Å². The summed E-state index contributed by atoms with van der Waals surface area (Å²) in [4.78, 5) is 13.6. The Bertz CT molecular complexity index is 518. The van der Waals surface area contributed by atoms with E-state index in [1.165, 1.54) is 4.90 Å². The van der Waals surface area contributed by atoms with Crippen LogP contribution in [-0.4, -0.2) is 34.9 Å². The lowest BCUT2D eigenvalue weighted by Crippen LogP contribution is -2.41. The van der Waals surface area contributed by atoms with E-state index in [0.29, 0.717) is 37.0 Å². The van der Waals surface area contributed by atoms with Gasteiger partial charge in [-0.2, -0.15) is 24.9 Å². The summed E-state index contributed by atoms with van der Waals surface area (Å²) in [6, 6.07) is 1.92. The number of carbonyl (C=O) groups excluding carboxylic acids is 1. The minimum atomic E-state index is -4.59. The van der Waals surface area contributed by atoms with E-state index >= 15 is 0 Å². The lowest BCUT2D eigenvalue weighted by molar-refractivity contribution is -0.137. The van der Waals surface area contributed by atoms with Gasteiger partial charge in [0.15, 0.2) is 0 Å². The van der Waals surface area contributed by atoms with Crippen LogP contribution in [0.2, 0.25) is 0 Å². The van der Waals surface area contributed by atoms with Crippen molar-refractivity contribution in [3.63, 3.8) is 0 Å². The van der Waals surface area contributed by atoms with Crippen LogP contribution in [0, 0.1) is 5.82 Å². The molecular weight excluding hydrogens is 294 g/mol. The number of thioether (sulfide) groups is 1. The Morgan fingerprint density at radius 2 is 2.10 bits per heavy atom. The third kappa shape index (κ3) is 3.26. The molecule has 1 aliphatic heterocycles. The molecule has 1 heterocycles. The van der Waals surface area contributed by atoms with Crippen molar-refractivity contribution in [2.75, 3.05) is 18.8 Å². The van der Waals surface area contributed by atoms with Gasteiger partial charge in [0.25, 0.3) is 5.91 Å². The molecule has 1 amide bonds. The summed E-state index contributed by atoms with van der Waals surface area (Å²) in [6.45, 7) is 2.76. The zero-order chi connectivity index (χ0) is 14.9. The van der Waals surface area contributed by atoms with Gasteiger partial charge in [-0.15, -0.1) is 0 Å². The minimum absolute atomic E-state index is 0.196. The van der Waals surface area contributed by atoms with Crippen LogP contribution in [0.5, 0.6) is 0 Å². The van der Waals surface area contributed by atoms with Gasteiger partial charge >= 0.3 is 6.18 Å². The van der Waals surface area contributed by atoms with E-state index in [9.17, 15) is 22.4 Å². The van der Waals surface area contributed by atoms with E-state index < -0.39 is 29.0 Å². The van der Waals surface area contributed by atoms with Crippen molar-refractivity contribution < 1.29 is 22.4 Å². The molecule has 0 N–H and O–H groups in total. The molecule has 1 aromatic rings. The van der Waals surface area contributed by atoms with Gasteiger partial charge in [0.2, 0.25) is 0 Å². The zero-order valence-corrected chi connectivity index (χ0v) is 11.5. The van der Waals surface area contributed by atoms with Crippen LogP contribution in [0.25, 0.3) is 0 Å². The monoisotopic (exact) mass is 307 g/mol. The largest absolute Gasteiger partial charge is 0.416 e. The first-order valence-electron chi connectivity index (χ1n) is 6.06. The number of carbonyl (C=O) groups is 1. The van der Waals surface area contributed by atoms with Gasteiger partial charge in [-0.1, -0.05) is 6.92 Å². The predicted octanol–water partition coefficient (Wildman–Crippen LogP) is 3.42. The van der Waals surface area contributed by atoms with Crippen LogP contribution in [0.3, 0.4) is 0 Å². The number of nitrogens with zero attached hydrogens (tertiary/aromatic N) is 1. The number of benzene rings is 1. The van der Waals surface area contributed by atoms with Gasteiger partial charge in [-0.25, -0.2) is 4.39 Å². The molecule has 7 heteroatoms. The number of amides is 1. The maximum Gasteiger partial charge on any atom is 0.416 e. The molecule has 2 rings (SSSR count). The highest BCUT2D eigenvalue weighted by molar-refractivity contribution is 7.99. The van der Waals surface area contributed by atoms with E-state index in [1.54, 1.807) is 11.8 Å². The van der Waals surface area contributed by atoms with Crippen LogP contribution in [0.1, 0.15) is 22.8 Å². The van der Waals surface area contributed by atoms with Crippen molar-refractivity contribution in [3.8, 4) is 0 Å². The van der Waals surface area contributed by atoms with Crippen molar-refractivity contribution in [1.82, 2.24) is 4.90 Å². The highest BCUT2D eigenvalue weighted by Gasteiger charge is 2.33. The molecule has 1 aromatic carbocycles. The van der Waals surface area contributed by atoms with Gasteiger partial charge in [0.05, 0.1) is 11.1 Å². The standard InChI is InChI=1S/C13H13F4NOS/c1-8-7-18(4-5-20-8)12(19)10-6-9(13(15,16)17)2-3-11(10)14/h2-3,6,8H,4-5,7H2,1H3. The fraction of sp³-hybridized carbons (Fsp3) is 0.462. The molecule has 0 radical (unpaired) electrons. The molecule has 0 aliphatic carbocycles. The van der Waals surface area contributed by atoms with E-state index in [1.807, 2.05) is 6.92 Å². The minimum Gasteiger partial charge on any atom is -0.337 e. The van der Waals surface area contributed by atoms with E-state index in [0.717, 1.165) is 0 Å². The van der Waals surface area contributed by atoms with Crippen molar-refractivity contribution in [1.29, 1.82) is 0 Å². The van der Waals surface area contributed by atoms with Crippen molar-refractivity contribution in [2.45, 2.75) is 18.3 Å². The molecule has 1 fully saturated rings. The van der Waals surface area contributed by atoms with Gasteiger partial charge in [-0.05, 0) is 18.2 Å². The molecule has 20 heavy (non-hydrogen) atoms. The van der Waals surface area contributed by atoms with Crippen LogP contribution in [0.15, 0.2) is 18.2 Å². The first kappa shape index (κ1) is 15.2. The van der Waals surface area contributed by atoms with E-state index in [-0.39, 0.29) is 5.25 Å². The summed E-state index contributed by atoms with van der Waals surface area (Å²) in [5, 5.41) is 0.196. The molecule has 1 saturated heterocycles. The first-order chi connectivity index (χ1) is 9.29. The second kappa shape index (κ2) is 5.63. The second-order valence-electron chi connectivity index (χ2n) is 4.62. The van der Waals surface area contributed by atoms with E-state index in [4.69, 9.17) is 0 Å². The lowest BCUT2D eigenvalue weighted by atomic mass is 10.1. The van der Waals surface area contributed by atoms with Crippen molar-refractivity contribution in [3.05, 3.63) is 35.1 Å². The Hall–Kier alpha value is -1.24. The first-order valence-corrected chi connectivity index (χ1v) is 7.11. The molecule has 1 atom stereocenters. The van der Waals surface area contributed by atoms with Crippen molar-refractivity contribution in [2.24, 2.45) is 0 Å². The van der Waals surface area contributed by atoms with Crippen LogP contribution in [0.4, 0.5) is 17.6 Å². The fourth-order valence-electron chi connectivity index (χ4n) is 2.04. The molecular formula is C13H13F4NOS. The molecule has 2 nitrogen and oxygen atoms in total. The smallest absolute Gasteiger partial charge is 0.337 e. The molecule has 110 valence electrons.